The van der Waals surface area contributed by atoms with E-state index in [1.165, 1.54) is 17.7 Å². The summed E-state index contributed by atoms with van der Waals surface area (Å²) in [5.74, 6) is -1.64. The van der Waals surface area contributed by atoms with Crippen molar-refractivity contribution in [2.45, 2.75) is 19.0 Å². The molecule has 29 heavy (non-hydrogen) atoms. The predicted molar refractivity (Wildman–Crippen MR) is 108 cm³/mol. The van der Waals surface area contributed by atoms with Crippen LogP contribution in [0.25, 0.3) is 0 Å². The second-order valence-electron chi connectivity index (χ2n) is 7.44. The molecule has 2 aromatic rings. The molecule has 2 saturated heterocycles. The number of piperazine rings is 1. The van der Waals surface area contributed by atoms with Crippen molar-refractivity contribution < 1.29 is 19.5 Å². The summed E-state index contributed by atoms with van der Waals surface area (Å²) in [5, 5.41) is 9.17. The number of benzene rings is 2. The van der Waals surface area contributed by atoms with E-state index in [1.54, 1.807) is 12.1 Å². The Morgan fingerprint density at radius 1 is 0.966 bits per heavy atom. The van der Waals surface area contributed by atoms with Crippen LogP contribution in [-0.4, -0.2) is 64.9 Å². The minimum atomic E-state index is -1.09. The SMILES string of the molecule is O=C(O)c1cccc(N2C(=O)C[C@H](N3CCN(Cc4ccccc4)CC3)C2=O)c1. The van der Waals surface area contributed by atoms with E-state index >= 15 is 0 Å². The second-order valence-corrected chi connectivity index (χ2v) is 7.44. The monoisotopic (exact) mass is 393 g/mol. The van der Waals surface area contributed by atoms with E-state index in [0.29, 0.717) is 5.69 Å². The van der Waals surface area contributed by atoms with Crippen LogP contribution in [0.3, 0.4) is 0 Å². The summed E-state index contributed by atoms with van der Waals surface area (Å²) < 4.78 is 0. The molecule has 1 N–H and O–H groups in total. The van der Waals surface area contributed by atoms with Crippen LogP contribution in [0.1, 0.15) is 22.3 Å². The van der Waals surface area contributed by atoms with Gasteiger partial charge in [0.05, 0.1) is 23.7 Å². The average Bonchev–Trinajstić information content (AvgIpc) is 3.03. The summed E-state index contributed by atoms with van der Waals surface area (Å²) in [6.45, 7) is 3.99. The van der Waals surface area contributed by atoms with Crippen molar-refractivity contribution in [1.82, 2.24) is 9.80 Å². The molecule has 2 amide bonds. The van der Waals surface area contributed by atoms with Gasteiger partial charge >= 0.3 is 5.97 Å². The molecule has 0 aromatic heterocycles. The fraction of sp³-hybridized carbons (Fsp3) is 0.318. The molecule has 2 aliphatic heterocycles. The molecule has 2 aromatic carbocycles. The molecule has 0 spiro atoms. The normalized spacial score (nSPS) is 21.0. The van der Waals surface area contributed by atoms with Crippen LogP contribution in [-0.2, 0) is 16.1 Å². The summed E-state index contributed by atoms with van der Waals surface area (Å²) >= 11 is 0. The summed E-state index contributed by atoms with van der Waals surface area (Å²) in [5.41, 5.74) is 1.64. The highest BCUT2D eigenvalue weighted by molar-refractivity contribution is 6.22. The van der Waals surface area contributed by atoms with E-state index in [1.807, 2.05) is 18.2 Å². The number of carbonyl (C=O) groups excluding carboxylic acids is 2. The van der Waals surface area contributed by atoms with Crippen molar-refractivity contribution in [3.63, 3.8) is 0 Å². The largest absolute Gasteiger partial charge is 0.478 e. The van der Waals surface area contributed by atoms with Crippen LogP contribution >= 0.6 is 0 Å². The van der Waals surface area contributed by atoms with Crippen molar-refractivity contribution in [2.75, 3.05) is 31.1 Å². The van der Waals surface area contributed by atoms with Crippen molar-refractivity contribution >= 4 is 23.5 Å². The van der Waals surface area contributed by atoms with Crippen molar-refractivity contribution in [3.8, 4) is 0 Å². The topological polar surface area (TPSA) is 81.2 Å². The quantitative estimate of drug-likeness (QED) is 0.781. The maximum atomic E-state index is 13.0. The summed E-state index contributed by atoms with van der Waals surface area (Å²) in [4.78, 5) is 42.3. The van der Waals surface area contributed by atoms with Gasteiger partial charge in [-0.15, -0.1) is 0 Å². The van der Waals surface area contributed by atoms with Crippen LogP contribution in [0.4, 0.5) is 5.69 Å². The predicted octanol–water partition coefficient (Wildman–Crippen LogP) is 1.83. The maximum absolute atomic E-state index is 13.0. The van der Waals surface area contributed by atoms with Gasteiger partial charge in [0.2, 0.25) is 5.91 Å². The maximum Gasteiger partial charge on any atom is 0.335 e. The molecular weight excluding hydrogens is 370 g/mol. The van der Waals surface area contributed by atoms with E-state index in [-0.39, 0.29) is 23.8 Å². The van der Waals surface area contributed by atoms with E-state index in [9.17, 15) is 14.4 Å². The highest BCUT2D eigenvalue weighted by Crippen LogP contribution is 2.27. The fourth-order valence-corrected chi connectivity index (χ4v) is 4.03. The fourth-order valence-electron chi connectivity index (χ4n) is 4.03. The van der Waals surface area contributed by atoms with Gasteiger partial charge in [-0.25, -0.2) is 9.69 Å². The Hall–Kier alpha value is -3.03. The second kappa shape index (κ2) is 8.14. The number of amides is 2. The molecule has 0 saturated carbocycles. The number of hydrogen-bond acceptors (Lipinski definition) is 5. The van der Waals surface area contributed by atoms with Gasteiger partial charge in [-0.3, -0.25) is 19.4 Å². The lowest BCUT2D eigenvalue weighted by atomic mass is 10.1. The Kier molecular flexibility index (Phi) is 5.42. The van der Waals surface area contributed by atoms with Gasteiger partial charge in [-0.2, -0.15) is 0 Å². The Labute approximate surface area is 169 Å². The number of aromatic carboxylic acids is 1. The Balaban J connectivity index is 1.41. The Bertz CT molecular complexity index is 923. The van der Waals surface area contributed by atoms with Crippen LogP contribution in [0.5, 0.6) is 0 Å². The van der Waals surface area contributed by atoms with Gasteiger partial charge in [0.25, 0.3) is 5.91 Å². The number of anilines is 1. The molecule has 2 aliphatic rings. The molecule has 0 radical (unpaired) electrons. The van der Waals surface area contributed by atoms with Crippen molar-refractivity contribution in [3.05, 3.63) is 65.7 Å². The Morgan fingerprint density at radius 2 is 1.69 bits per heavy atom. The number of carboxylic acids is 1. The molecule has 0 unspecified atom stereocenters. The molecule has 2 heterocycles. The van der Waals surface area contributed by atoms with Crippen LogP contribution < -0.4 is 4.90 Å². The van der Waals surface area contributed by atoms with E-state index < -0.39 is 12.0 Å². The zero-order valence-electron chi connectivity index (χ0n) is 16.0. The van der Waals surface area contributed by atoms with Gasteiger partial charge in [0, 0.05) is 32.7 Å². The standard InChI is InChI=1S/C22H23N3O4/c26-20-14-19(21(27)25(20)18-8-4-7-17(13-18)22(28)29)24-11-9-23(10-12-24)15-16-5-2-1-3-6-16/h1-8,13,19H,9-12,14-15H2,(H,28,29)/t19-/m0/s1. The number of nitrogens with zero attached hydrogens (tertiary/aromatic N) is 3. The van der Waals surface area contributed by atoms with E-state index in [2.05, 4.69) is 21.9 Å². The van der Waals surface area contributed by atoms with Crippen LogP contribution in [0.15, 0.2) is 54.6 Å². The number of hydrogen-bond donors (Lipinski definition) is 1. The van der Waals surface area contributed by atoms with E-state index in [0.717, 1.165) is 37.6 Å². The van der Waals surface area contributed by atoms with E-state index in [4.69, 9.17) is 5.11 Å². The first-order valence-corrected chi connectivity index (χ1v) is 9.73. The highest BCUT2D eigenvalue weighted by atomic mass is 16.4. The molecule has 0 aliphatic carbocycles. The molecule has 150 valence electrons. The first-order chi connectivity index (χ1) is 14.0. The Morgan fingerprint density at radius 3 is 2.38 bits per heavy atom. The molecule has 1 atom stereocenters. The third-order valence-corrected chi connectivity index (χ3v) is 5.57. The van der Waals surface area contributed by atoms with Gasteiger partial charge in [0.1, 0.15) is 0 Å². The zero-order valence-corrected chi connectivity index (χ0v) is 16.0. The van der Waals surface area contributed by atoms with Crippen molar-refractivity contribution in [2.24, 2.45) is 0 Å². The van der Waals surface area contributed by atoms with Gasteiger partial charge in [0.15, 0.2) is 0 Å². The van der Waals surface area contributed by atoms with Gasteiger partial charge in [-0.05, 0) is 23.8 Å². The minimum absolute atomic E-state index is 0.0566. The number of imide groups is 1. The third kappa shape index (κ3) is 4.06. The lowest BCUT2D eigenvalue weighted by Gasteiger charge is -2.37. The van der Waals surface area contributed by atoms with Crippen LogP contribution in [0, 0.1) is 0 Å². The average molecular weight is 393 g/mol. The molecule has 7 nitrogen and oxygen atoms in total. The summed E-state index contributed by atoms with van der Waals surface area (Å²) in [6.07, 6.45) is 0.134. The first kappa shape index (κ1) is 19.3. The molecule has 2 fully saturated rings. The number of rotatable bonds is 5. The number of carbonyl (C=O) groups is 3. The van der Waals surface area contributed by atoms with Crippen LogP contribution in [0.2, 0.25) is 0 Å². The first-order valence-electron chi connectivity index (χ1n) is 9.73. The highest BCUT2D eigenvalue weighted by Gasteiger charge is 2.43. The van der Waals surface area contributed by atoms with Gasteiger partial charge < -0.3 is 5.11 Å². The lowest BCUT2D eigenvalue weighted by Crippen LogP contribution is -2.52. The summed E-state index contributed by atoms with van der Waals surface area (Å²) in [7, 11) is 0. The summed E-state index contributed by atoms with van der Waals surface area (Å²) in [6, 6.07) is 15.8. The lowest BCUT2D eigenvalue weighted by molar-refractivity contribution is -0.123. The molecule has 4 rings (SSSR count). The molecule has 0 bridgehead atoms. The molecule has 7 heteroatoms. The third-order valence-electron chi connectivity index (χ3n) is 5.57. The minimum Gasteiger partial charge on any atom is -0.478 e. The smallest absolute Gasteiger partial charge is 0.335 e. The van der Waals surface area contributed by atoms with Gasteiger partial charge in [-0.1, -0.05) is 36.4 Å². The molecular formula is C22H23N3O4. The van der Waals surface area contributed by atoms with Crippen molar-refractivity contribution in [1.29, 1.82) is 0 Å². The zero-order chi connectivity index (χ0) is 20.4. The number of carboxylic acid groups (broad SMARTS) is 1.